The van der Waals surface area contributed by atoms with E-state index in [1.165, 1.54) is 18.2 Å². The van der Waals surface area contributed by atoms with E-state index in [2.05, 4.69) is 26.0 Å². The second-order valence-corrected chi connectivity index (χ2v) is 9.36. The minimum Gasteiger partial charge on any atom is -0.452 e. The number of anilines is 1. The number of aryl methyl sites for hydroxylation is 1. The fourth-order valence-electron chi connectivity index (χ4n) is 2.49. The smallest absolute Gasteiger partial charge is 0.339 e. The van der Waals surface area contributed by atoms with Gasteiger partial charge in [0, 0.05) is 16.2 Å². The van der Waals surface area contributed by atoms with Gasteiger partial charge >= 0.3 is 5.97 Å². The number of nitrogens with one attached hydrogen (secondary N) is 2. The number of benzene rings is 2. The van der Waals surface area contributed by atoms with Crippen molar-refractivity contribution in [2.75, 3.05) is 11.9 Å². The maximum Gasteiger partial charge on any atom is 0.339 e. The molecule has 0 aliphatic rings. The highest BCUT2D eigenvalue weighted by atomic mass is 79.9. The number of hydrogen-bond acceptors (Lipinski definition) is 5. The summed E-state index contributed by atoms with van der Waals surface area (Å²) in [6.07, 6.45) is 0. The third-order valence-corrected chi connectivity index (χ3v) is 6.42. The van der Waals surface area contributed by atoms with Crippen LogP contribution in [0.2, 0.25) is 0 Å². The van der Waals surface area contributed by atoms with Gasteiger partial charge in [-0.05, 0) is 79.0 Å². The number of ether oxygens (including phenoxy) is 1. The molecular weight excluding hydrogens is 460 g/mol. The van der Waals surface area contributed by atoms with Gasteiger partial charge in [0.2, 0.25) is 10.0 Å². The van der Waals surface area contributed by atoms with Crippen molar-refractivity contribution in [1.29, 1.82) is 0 Å². The number of hydrogen-bond donors (Lipinski definition) is 2. The van der Waals surface area contributed by atoms with Gasteiger partial charge in [-0.15, -0.1) is 0 Å². The normalized spacial score (nSPS) is 11.4. The molecule has 0 saturated carbocycles. The molecule has 0 spiro atoms. The van der Waals surface area contributed by atoms with Crippen molar-refractivity contribution in [2.24, 2.45) is 0 Å². The first-order valence-corrected chi connectivity index (χ1v) is 11.1. The van der Waals surface area contributed by atoms with Gasteiger partial charge in [0.25, 0.3) is 5.91 Å². The minimum absolute atomic E-state index is 0.0103. The van der Waals surface area contributed by atoms with Crippen LogP contribution in [0.3, 0.4) is 0 Å². The highest BCUT2D eigenvalue weighted by Crippen LogP contribution is 2.22. The molecule has 0 bridgehead atoms. The fourth-order valence-corrected chi connectivity index (χ4v) is 4.17. The molecule has 0 saturated heterocycles. The zero-order chi connectivity index (χ0) is 21.8. The van der Waals surface area contributed by atoms with Gasteiger partial charge < -0.3 is 10.1 Å². The standard InChI is InChI=1S/C20H23BrN2O5S/c1-12(2)23-29(26,27)15-8-9-17(21)16(10-15)20(25)28-11-19(24)22-18-7-5-6-13(3)14(18)4/h5-10,12,23H,11H2,1-4H3,(H,22,24). The molecule has 0 aliphatic carbocycles. The summed E-state index contributed by atoms with van der Waals surface area (Å²) < 4.78 is 32.5. The van der Waals surface area contributed by atoms with Crippen molar-refractivity contribution in [3.8, 4) is 0 Å². The van der Waals surface area contributed by atoms with Crippen LogP contribution in [0.5, 0.6) is 0 Å². The van der Waals surface area contributed by atoms with Crippen LogP contribution in [0.4, 0.5) is 5.69 Å². The first kappa shape index (κ1) is 23.1. The third kappa shape index (κ3) is 6.12. The Morgan fingerprint density at radius 2 is 1.83 bits per heavy atom. The lowest BCUT2D eigenvalue weighted by Crippen LogP contribution is -2.30. The van der Waals surface area contributed by atoms with E-state index in [-0.39, 0.29) is 16.5 Å². The van der Waals surface area contributed by atoms with Crippen molar-refractivity contribution >= 4 is 43.5 Å². The summed E-state index contributed by atoms with van der Waals surface area (Å²) in [4.78, 5) is 24.5. The Bertz CT molecular complexity index is 1040. The zero-order valence-corrected chi connectivity index (χ0v) is 19.0. The van der Waals surface area contributed by atoms with Crippen LogP contribution >= 0.6 is 15.9 Å². The largest absolute Gasteiger partial charge is 0.452 e. The van der Waals surface area contributed by atoms with E-state index >= 15 is 0 Å². The molecule has 0 unspecified atom stereocenters. The summed E-state index contributed by atoms with van der Waals surface area (Å²) in [5.74, 6) is -1.30. The molecule has 0 aromatic heterocycles. The van der Waals surface area contributed by atoms with Gasteiger partial charge in [0.15, 0.2) is 6.61 Å². The van der Waals surface area contributed by atoms with Crippen molar-refractivity contribution in [1.82, 2.24) is 4.72 Å². The molecule has 0 atom stereocenters. The van der Waals surface area contributed by atoms with E-state index in [0.29, 0.717) is 10.2 Å². The van der Waals surface area contributed by atoms with Crippen molar-refractivity contribution in [2.45, 2.75) is 38.6 Å². The molecule has 156 valence electrons. The second-order valence-electron chi connectivity index (χ2n) is 6.79. The van der Waals surface area contributed by atoms with Crippen LogP contribution in [0, 0.1) is 13.8 Å². The van der Waals surface area contributed by atoms with Crippen LogP contribution in [-0.2, 0) is 19.6 Å². The van der Waals surface area contributed by atoms with E-state index in [9.17, 15) is 18.0 Å². The van der Waals surface area contributed by atoms with E-state index in [0.717, 1.165) is 11.1 Å². The van der Waals surface area contributed by atoms with Gasteiger partial charge in [0.05, 0.1) is 10.5 Å². The van der Waals surface area contributed by atoms with Crippen molar-refractivity contribution in [3.05, 3.63) is 57.6 Å². The number of carbonyl (C=O) groups excluding carboxylic acids is 2. The minimum atomic E-state index is -3.77. The molecule has 29 heavy (non-hydrogen) atoms. The Labute approximate surface area is 179 Å². The van der Waals surface area contributed by atoms with Crippen LogP contribution < -0.4 is 10.0 Å². The quantitative estimate of drug-likeness (QED) is 0.587. The van der Waals surface area contributed by atoms with Gasteiger partial charge in [0.1, 0.15) is 0 Å². The first-order valence-electron chi connectivity index (χ1n) is 8.86. The molecule has 0 fully saturated rings. The molecule has 2 aromatic carbocycles. The fraction of sp³-hybridized carbons (Fsp3) is 0.300. The number of esters is 1. The predicted octanol–water partition coefficient (Wildman–Crippen LogP) is 3.55. The second kappa shape index (κ2) is 9.51. The van der Waals surface area contributed by atoms with E-state index < -0.39 is 28.5 Å². The molecule has 2 aromatic rings. The Morgan fingerprint density at radius 1 is 1.14 bits per heavy atom. The summed E-state index contributed by atoms with van der Waals surface area (Å²) in [6.45, 7) is 6.70. The number of sulfonamides is 1. The zero-order valence-electron chi connectivity index (χ0n) is 16.6. The molecule has 0 radical (unpaired) electrons. The third-order valence-electron chi connectivity index (χ3n) is 4.07. The topological polar surface area (TPSA) is 102 Å². The summed E-state index contributed by atoms with van der Waals surface area (Å²) >= 11 is 3.21. The highest BCUT2D eigenvalue weighted by molar-refractivity contribution is 9.10. The maximum atomic E-state index is 12.4. The first-order chi connectivity index (χ1) is 13.5. The van der Waals surface area contributed by atoms with E-state index in [1.807, 2.05) is 26.0 Å². The molecule has 2 N–H and O–H groups in total. The SMILES string of the molecule is Cc1cccc(NC(=O)COC(=O)c2cc(S(=O)(=O)NC(C)C)ccc2Br)c1C. The Hall–Kier alpha value is -2.23. The van der Waals surface area contributed by atoms with Gasteiger partial charge in [-0.1, -0.05) is 12.1 Å². The lowest BCUT2D eigenvalue weighted by molar-refractivity contribution is -0.119. The van der Waals surface area contributed by atoms with E-state index in [4.69, 9.17) is 4.74 Å². The van der Waals surface area contributed by atoms with Crippen LogP contribution in [0.25, 0.3) is 0 Å². The number of carbonyl (C=O) groups is 2. The number of halogens is 1. The lowest BCUT2D eigenvalue weighted by atomic mass is 10.1. The van der Waals surface area contributed by atoms with Crippen LogP contribution in [0.15, 0.2) is 45.8 Å². The summed E-state index contributed by atoms with van der Waals surface area (Å²) in [5.41, 5.74) is 2.60. The molecule has 0 heterocycles. The van der Waals surface area contributed by atoms with E-state index in [1.54, 1.807) is 19.9 Å². The average molecular weight is 483 g/mol. The van der Waals surface area contributed by atoms with Crippen LogP contribution in [0.1, 0.15) is 35.3 Å². The Balaban J connectivity index is 2.09. The summed E-state index contributed by atoms with van der Waals surface area (Å²) in [5, 5.41) is 2.70. The monoisotopic (exact) mass is 482 g/mol. The Morgan fingerprint density at radius 3 is 2.48 bits per heavy atom. The van der Waals surface area contributed by atoms with Crippen LogP contribution in [-0.4, -0.2) is 32.9 Å². The number of amides is 1. The number of rotatable bonds is 7. The summed E-state index contributed by atoms with van der Waals surface area (Å²) in [6, 6.07) is 9.23. The summed E-state index contributed by atoms with van der Waals surface area (Å²) in [7, 11) is -3.77. The Kier molecular flexibility index (Phi) is 7.56. The molecule has 0 aliphatic heterocycles. The maximum absolute atomic E-state index is 12.4. The lowest BCUT2D eigenvalue weighted by Gasteiger charge is -2.12. The molecule has 1 amide bonds. The highest BCUT2D eigenvalue weighted by Gasteiger charge is 2.21. The van der Waals surface area contributed by atoms with Crippen molar-refractivity contribution < 1.29 is 22.7 Å². The van der Waals surface area contributed by atoms with Gasteiger partial charge in [-0.2, -0.15) is 0 Å². The van der Waals surface area contributed by atoms with Crippen molar-refractivity contribution in [3.63, 3.8) is 0 Å². The molecule has 7 nitrogen and oxygen atoms in total. The average Bonchev–Trinajstić information content (AvgIpc) is 2.62. The molecule has 9 heteroatoms. The van der Waals surface area contributed by atoms with Gasteiger partial charge in [-0.25, -0.2) is 17.9 Å². The molecule has 2 rings (SSSR count). The molecular formula is C20H23BrN2O5S. The van der Waals surface area contributed by atoms with Gasteiger partial charge in [-0.3, -0.25) is 4.79 Å². The predicted molar refractivity (Wildman–Crippen MR) is 114 cm³/mol.